The number of hydrogen-bond donors (Lipinski definition) is 0. The van der Waals surface area contributed by atoms with Gasteiger partial charge in [0.15, 0.2) is 0 Å². The van der Waals surface area contributed by atoms with Crippen molar-refractivity contribution in [1.29, 1.82) is 0 Å². The summed E-state index contributed by atoms with van der Waals surface area (Å²) >= 11 is 0. The molecule has 72 heavy (non-hydrogen) atoms. The molecule has 0 bridgehead atoms. The van der Waals surface area contributed by atoms with E-state index in [1.165, 1.54) is 54.6 Å². The van der Waals surface area contributed by atoms with Crippen LogP contribution < -0.4 is 9.47 Å². The van der Waals surface area contributed by atoms with Gasteiger partial charge >= 0.3 is 23.9 Å². The number of unbranched alkanes of at least 4 members (excludes halogenated alkanes) is 3. The Morgan fingerprint density at radius 3 is 1.22 bits per heavy atom. The van der Waals surface area contributed by atoms with Crippen molar-refractivity contribution in [3.8, 4) is 11.5 Å². The van der Waals surface area contributed by atoms with Gasteiger partial charge in [0.05, 0.1) is 35.5 Å². The zero-order chi connectivity index (χ0) is 50.7. The molecule has 0 saturated heterocycles. The Hall–Kier alpha value is -5.96. The van der Waals surface area contributed by atoms with E-state index in [0.29, 0.717) is 103 Å². The Kier molecular flexibility index (Phi) is 17.9. The summed E-state index contributed by atoms with van der Waals surface area (Å²) in [4.78, 5) is 51.9. The molecular formula is C57H64F4O11. The minimum atomic E-state index is -0.772. The Balaban J connectivity index is 0.691. The number of aryl methyl sites for hydroxylation is 2. The van der Waals surface area contributed by atoms with Gasteiger partial charge < -0.3 is 33.2 Å². The summed E-state index contributed by atoms with van der Waals surface area (Å²) in [6, 6.07) is 17.0. The number of rotatable bonds is 23. The molecule has 0 amide bonds. The van der Waals surface area contributed by atoms with Crippen molar-refractivity contribution in [3.63, 3.8) is 0 Å². The summed E-state index contributed by atoms with van der Waals surface area (Å²) in [5.41, 5.74) is 0.868. The van der Waals surface area contributed by atoms with Gasteiger partial charge in [0.1, 0.15) is 59.2 Å². The number of halogens is 4. The lowest BCUT2D eigenvalue weighted by Gasteiger charge is -2.21. The second kappa shape index (κ2) is 24.6. The minimum Gasteiger partial charge on any atom is -0.493 e. The third-order valence-corrected chi connectivity index (χ3v) is 14.8. The highest BCUT2D eigenvalue weighted by Gasteiger charge is 2.50. The molecule has 4 aliphatic carbocycles. The molecule has 0 N–H and O–H groups in total. The van der Waals surface area contributed by atoms with E-state index in [0.717, 1.165) is 37.3 Å². The predicted octanol–water partition coefficient (Wildman–Crippen LogP) is 12.1. The van der Waals surface area contributed by atoms with Gasteiger partial charge in [-0.2, -0.15) is 0 Å². The molecule has 15 heteroatoms. The predicted molar refractivity (Wildman–Crippen MR) is 257 cm³/mol. The van der Waals surface area contributed by atoms with Crippen LogP contribution in [0.25, 0.3) is 0 Å². The fourth-order valence-electron chi connectivity index (χ4n) is 11.1. The number of ether oxygens (including phenoxy) is 7. The SMILES string of the molecule is CCCOCCCc1ccc(C(=O)O[C@H]2CC[C@@H]3[C@H]2CC[C@H]3OC(=O)c2ccc(OCCCCCCOc3ccc(C(=O)OC4CC[C@H]5[C@@H](OC(=O)c6ccc(C)cc6F)CC[C@@H]45)c(F)c3)cc2F)c(F)c1. The number of fused-ring (bicyclic) bond motifs is 2. The van der Waals surface area contributed by atoms with Crippen molar-refractivity contribution in [2.45, 2.75) is 135 Å². The number of carbonyl (C=O) groups is 4. The first-order chi connectivity index (χ1) is 34.9. The summed E-state index contributed by atoms with van der Waals surface area (Å²) in [6.45, 7) is 5.70. The van der Waals surface area contributed by atoms with Crippen LogP contribution in [0.1, 0.15) is 149 Å². The van der Waals surface area contributed by atoms with E-state index in [4.69, 9.17) is 33.2 Å². The first-order valence-corrected chi connectivity index (χ1v) is 25.7. The van der Waals surface area contributed by atoms with Crippen molar-refractivity contribution in [2.24, 2.45) is 23.7 Å². The first-order valence-electron chi connectivity index (χ1n) is 25.7. The highest BCUT2D eigenvalue weighted by atomic mass is 19.1. The summed E-state index contributed by atoms with van der Waals surface area (Å²) in [5, 5.41) is 0. The average Bonchev–Trinajstić information content (AvgIpc) is 4.15. The average molecular weight is 1000 g/mol. The van der Waals surface area contributed by atoms with Gasteiger partial charge in [0.2, 0.25) is 0 Å². The van der Waals surface area contributed by atoms with Crippen LogP contribution in [-0.4, -0.2) is 74.7 Å². The van der Waals surface area contributed by atoms with E-state index in [9.17, 15) is 28.0 Å². The van der Waals surface area contributed by atoms with E-state index in [-0.39, 0.29) is 57.4 Å². The van der Waals surface area contributed by atoms with E-state index < -0.39 is 71.6 Å². The van der Waals surface area contributed by atoms with Crippen LogP contribution in [0.4, 0.5) is 17.6 Å². The van der Waals surface area contributed by atoms with E-state index >= 15 is 8.78 Å². The summed E-state index contributed by atoms with van der Waals surface area (Å²) in [5.74, 6) is -5.34. The van der Waals surface area contributed by atoms with E-state index in [2.05, 4.69) is 0 Å². The highest BCUT2D eigenvalue weighted by molar-refractivity contribution is 5.91. The molecule has 386 valence electrons. The summed E-state index contributed by atoms with van der Waals surface area (Å²) in [7, 11) is 0. The maximum atomic E-state index is 15.2. The van der Waals surface area contributed by atoms with Crippen LogP contribution >= 0.6 is 0 Å². The smallest absolute Gasteiger partial charge is 0.341 e. The monoisotopic (exact) mass is 1000 g/mol. The Bertz CT molecular complexity index is 2550. The topological polar surface area (TPSA) is 133 Å². The second-order valence-electron chi connectivity index (χ2n) is 19.6. The van der Waals surface area contributed by atoms with Crippen LogP contribution in [0.15, 0.2) is 72.8 Å². The van der Waals surface area contributed by atoms with Crippen molar-refractivity contribution >= 4 is 23.9 Å². The molecule has 8 rings (SSSR count). The molecular weight excluding hydrogens is 937 g/mol. The maximum Gasteiger partial charge on any atom is 0.341 e. The summed E-state index contributed by atoms with van der Waals surface area (Å²) < 4.78 is 99.7. The number of carbonyl (C=O) groups excluding carboxylic acids is 4. The minimum absolute atomic E-state index is 0.0310. The zero-order valence-electron chi connectivity index (χ0n) is 41.0. The standard InChI is InChI=1S/C57H64F4O11/c1-3-26-66-27-8-9-35-11-15-43(47(59)31-35)55(63)70-51-23-19-41-39(51)21-25-53(41)72-57(65)45-17-13-37(33-49(45)61)68-29-7-5-4-6-28-67-36-12-16-44(48(60)32-36)56(64)71-52-24-20-38-40(52)18-22-50(38)69-54(62)42-14-10-34(2)30-46(42)58/h10-17,30-33,38-41,50-53H,3-9,18-29H2,1-2H3/t38-,39-,40-,41-,50+,51+,52?,53-/m1/s1. The lowest BCUT2D eigenvalue weighted by Crippen LogP contribution is -2.27. The van der Waals surface area contributed by atoms with Crippen LogP contribution in [-0.2, 0) is 30.1 Å². The molecule has 0 radical (unpaired) electrons. The van der Waals surface area contributed by atoms with Gasteiger partial charge in [-0.1, -0.05) is 19.1 Å². The molecule has 11 nitrogen and oxygen atoms in total. The molecule has 0 spiro atoms. The normalized spacial score (nSPS) is 23.0. The van der Waals surface area contributed by atoms with Crippen LogP contribution in [0.2, 0.25) is 0 Å². The molecule has 4 fully saturated rings. The van der Waals surface area contributed by atoms with E-state index in [1.54, 1.807) is 19.1 Å². The van der Waals surface area contributed by atoms with Crippen molar-refractivity contribution in [3.05, 3.63) is 129 Å². The van der Waals surface area contributed by atoms with E-state index in [1.807, 2.05) is 6.92 Å². The highest BCUT2D eigenvalue weighted by Crippen LogP contribution is 2.48. The van der Waals surface area contributed by atoms with Gasteiger partial charge in [0.25, 0.3) is 0 Å². The van der Waals surface area contributed by atoms with Crippen LogP contribution in [0, 0.1) is 53.9 Å². The first kappa shape index (κ1) is 52.4. The van der Waals surface area contributed by atoms with Crippen molar-refractivity contribution in [1.82, 2.24) is 0 Å². The number of benzene rings is 4. The lowest BCUT2D eigenvalue weighted by atomic mass is 9.97. The quantitative estimate of drug-likeness (QED) is 0.0304. The number of esters is 4. The molecule has 0 aromatic heterocycles. The molecule has 0 aliphatic heterocycles. The number of hydrogen-bond acceptors (Lipinski definition) is 11. The van der Waals surface area contributed by atoms with Crippen molar-refractivity contribution in [2.75, 3.05) is 26.4 Å². The van der Waals surface area contributed by atoms with Gasteiger partial charge in [-0.3, -0.25) is 0 Å². The molecule has 4 aromatic carbocycles. The maximum absolute atomic E-state index is 15.2. The third kappa shape index (κ3) is 13.0. The fraction of sp³-hybridized carbons (Fsp3) is 0.509. The Morgan fingerprint density at radius 1 is 0.444 bits per heavy atom. The molecule has 0 heterocycles. The van der Waals surface area contributed by atoms with Gasteiger partial charge in [-0.25, -0.2) is 36.7 Å². The zero-order valence-corrected chi connectivity index (χ0v) is 41.0. The Morgan fingerprint density at radius 2 is 0.833 bits per heavy atom. The van der Waals surface area contributed by atoms with Gasteiger partial charge in [-0.05, 0) is 163 Å². The molecule has 8 atom stereocenters. The van der Waals surface area contributed by atoms with Gasteiger partial charge in [-0.15, -0.1) is 0 Å². The fourth-order valence-corrected chi connectivity index (χ4v) is 11.1. The third-order valence-electron chi connectivity index (χ3n) is 14.8. The van der Waals surface area contributed by atoms with Crippen molar-refractivity contribution < 1.29 is 69.9 Å². The molecule has 4 aromatic rings. The molecule has 1 unspecified atom stereocenters. The lowest BCUT2D eigenvalue weighted by molar-refractivity contribution is 0.00898. The Labute approximate surface area is 418 Å². The molecule has 4 aliphatic rings. The summed E-state index contributed by atoms with van der Waals surface area (Å²) in [6.07, 6.45) is 8.43. The largest absolute Gasteiger partial charge is 0.493 e. The van der Waals surface area contributed by atoms with Crippen LogP contribution in [0.5, 0.6) is 11.5 Å². The van der Waals surface area contributed by atoms with Gasteiger partial charge in [0, 0.05) is 49.0 Å². The van der Waals surface area contributed by atoms with Crippen LogP contribution in [0.3, 0.4) is 0 Å². The molecule has 4 saturated carbocycles. The second-order valence-corrected chi connectivity index (χ2v) is 19.6.